The molecule has 1 aliphatic rings. The zero-order chi connectivity index (χ0) is 11.9. The summed E-state index contributed by atoms with van der Waals surface area (Å²) in [6.07, 6.45) is 4.37. The highest BCUT2D eigenvalue weighted by Gasteiger charge is 2.33. The number of benzene rings is 1. The molecule has 0 bridgehead atoms. The molecule has 0 radical (unpaired) electrons. The highest BCUT2D eigenvalue weighted by Crippen LogP contribution is 2.44. The van der Waals surface area contributed by atoms with Crippen LogP contribution in [-0.4, -0.2) is 0 Å². The molecule has 2 nitrogen and oxygen atoms in total. The largest absolute Gasteiger partial charge is 0.398 e. The van der Waals surface area contributed by atoms with Gasteiger partial charge in [0, 0.05) is 11.4 Å². The molecule has 0 saturated carbocycles. The summed E-state index contributed by atoms with van der Waals surface area (Å²) in [6, 6.07) is 2.14. The van der Waals surface area contributed by atoms with Crippen LogP contribution >= 0.6 is 0 Å². The van der Waals surface area contributed by atoms with Crippen LogP contribution in [0.5, 0.6) is 0 Å². The van der Waals surface area contributed by atoms with Crippen molar-refractivity contribution in [2.75, 3.05) is 11.5 Å². The Morgan fingerprint density at radius 1 is 1.31 bits per heavy atom. The van der Waals surface area contributed by atoms with Crippen LogP contribution in [0.25, 0.3) is 0 Å². The molecule has 0 saturated heterocycles. The van der Waals surface area contributed by atoms with E-state index in [9.17, 15) is 0 Å². The SMILES string of the molecule is CCCc1c(N)cc2c(c1N)C(C)(C)CC2. The molecule has 1 aromatic carbocycles. The van der Waals surface area contributed by atoms with Crippen LogP contribution in [-0.2, 0) is 18.3 Å². The summed E-state index contributed by atoms with van der Waals surface area (Å²) in [4.78, 5) is 0. The van der Waals surface area contributed by atoms with Crippen LogP contribution in [0.4, 0.5) is 11.4 Å². The number of hydrogen-bond acceptors (Lipinski definition) is 2. The van der Waals surface area contributed by atoms with Crippen LogP contribution in [0.1, 0.15) is 50.3 Å². The highest BCUT2D eigenvalue weighted by molar-refractivity contribution is 5.71. The van der Waals surface area contributed by atoms with E-state index in [2.05, 4.69) is 26.8 Å². The van der Waals surface area contributed by atoms with Crippen molar-refractivity contribution in [1.29, 1.82) is 0 Å². The van der Waals surface area contributed by atoms with Gasteiger partial charge < -0.3 is 11.5 Å². The molecular weight excluding hydrogens is 196 g/mol. The maximum atomic E-state index is 6.32. The van der Waals surface area contributed by atoms with Gasteiger partial charge in [0.1, 0.15) is 0 Å². The van der Waals surface area contributed by atoms with Crippen LogP contribution < -0.4 is 11.5 Å². The molecule has 0 spiro atoms. The van der Waals surface area contributed by atoms with Crippen molar-refractivity contribution in [3.63, 3.8) is 0 Å². The van der Waals surface area contributed by atoms with Crippen molar-refractivity contribution in [2.24, 2.45) is 0 Å². The molecule has 2 rings (SSSR count). The molecule has 0 aliphatic heterocycles. The molecule has 0 atom stereocenters. The fraction of sp³-hybridized carbons (Fsp3) is 0.571. The zero-order valence-electron chi connectivity index (χ0n) is 10.6. The Kier molecular flexibility index (Phi) is 2.61. The maximum absolute atomic E-state index is 6.32. The van der Waals surface area contributed by atoms with E-state index in [1.807, 2.05) is 0 Å². The topological polar surface area (TPSA) is 52.0 Å². The zero-order valence-corrected chi connectivity index (χ0v) is 10.6. The van der Waals surface area contributed by atoms with Crippen molar-refractivity contribution < 1.29 is 0 Å². The molecule has 4 N–H and O–H groups in total. The van der Waals surface area contributed by atoms with Crippen LogP contribution in [0.15, 0.2) is 6.07 Å². The molecule has 16 heavy (non-hydrogen) atoms. The second kappa shape index (κ2) is 3.69. The number of rotatable bonds is 2. The first-order valence-electron chi connectivity index (χ1n) is 6.17. The minimum atomic E-state index is 0.218. The smallest absolute Gasteiger partial charge is 0.0408 e. The normalized spacial score (nSPS) is 17.4. The van der Waals surface area contributed by atoms with E-state index < -0.39 is 0 Å². The van der Waals surface area contributed by atoms with E-state index in [1.165, 1.54) is 17.5 Å². The summed E-state index contributed by atoms with van der Waals surface area (Å²) >= 11 is 0. The lowest BCUT2D eigenvalue weighted by Crippen LogP contribution is -2.16. The minimum Gasteiger partial charge on any atom is -0.398 e. The molecule has 88 valence electrons. The van der Waals surface area contributed by atoms with Gasteiger partial charge in [-0.15, -0.1) is 0 Å². The van der Waals surface area contributed by atoms with Crippen LogP contribution in [0.3, 0.4) is 0 Å². The molecule has 1 aromatic rings. The van der Waals surface area contributed by atoms with E-state index in [-0.39, 0.29) is 5.41 Å². The van der Waals surface area contributed by atoms with Gasteiger partial charge in [-0.1, -0.05) is 27.2 Å². The van der Waals surface area contributed by atoms with E-state index in [0.717, 1.165) is 36.2 Å². The van der Waals surface area contributed by atoms with Gasteiger partial charge in [-0.25, -0.2) is 0 Å². The number of nitrogens with two attached hydrogens (primary N) is 2. The van der Waals surface area contributed by atoms with Gasteiger partial charge in [-0.05, 0) is 47.4 Å². The summed E-state index contributed by atoms with van der Waals surface area (Å²) in [5, 5.41) is 0. The average Bonchev–Trinajstić information content (AvgIpc) is 2.49. The number of anilines is 2. The molecule has 0 fully saturated rings. The van der Waals surface area contributed by atoms with Crippen molar-refractivity contribution >= 4 is 11.4 Å². The first-order valence-corrected chi connectivity index (χ1v) is 6.17. The summed E-state index contributed by atoms with van der Waals surface area (Å²) < 4.78 is 0. The van der Waals surface area contributed by atoms with Gasteiger partial charge in [-0.3, -0.25) is 0 Å². The van der Waals surface area contributed by atoms with Crippen molar-refractivity contribution in [3.8, 4) is 0 Å². The average molecular weight is 218 g/mol. The third-order valence-corrected chi connectivity index (χ3v) is 3.79. The van der Waals surface area contributed by atoms with Crippen molar-refractivity contribution in [3.05, 3.63) is 22.8 Å². The standard InChI is InChI=1S/C14H22N2/c1-4-5-10-11(15)8-9-6-7-14(2,3)12(9)13(10)16/h8H,4-7,15-16H2,1-3H3. The van der Waals surface area contributed by atoms with E-state index in [4.69, 9.17) is 11.5 Å². The van der Waals surface area contributed by atoms with Crippen LogP contribution in [0, 0.1) is 0 Å². The minimum absolute atomic E-state index is 0.218. The highest BCUT2D eigenvalue weighted by atomic mass is 14.7. The number of fused-ring (bicyclic) bond motifs is 1. The third-order valence-electron chi connectivity index (χ3n) is 3.79. The Hall–Kier alpha value is -1.18. The summed E-state index contributed by atoms with van der Waals surface area (Å²) in [6.45, 7) is 6.72. The molecule has 0 heterocycles. The quantitative estimate of drug-likeness (QED) is 0.750. The lowest BCUT2D eigenvalue weighted by molar-refractivity contribution is 0.523. The predicted octanol–water partition coefficient (Wildman–Crippen LogP) is 3.03. The van der Waals surface area contributed by atoms with Crippen molar-refractivity contribution in [2.45, 2.75) is 51.9 Å². The second-order valence-corrected chi connectivity index (χ2v) is 5.53. The Balaban J connectivity index is 2.61. The van der Waals surface area contributed by atoms with Crippen molar-refractivity contribution in [1.82, 2.24) is 0 Å². The lowest BCUT2D eigenvalue weighted by Gasteiger charge is -2.23. The molecule has 0 aromatic heterocycles. The van der Waals surface area contributed by atoms with Gasteiger partial charge in [-0.2, -0.15) is 0 Å². The second-order valence-electron chi connectivity index (χ2n) is 5.53. The maximum Gasteiger partial charge on any atom is 0.0408 e. The Morgan fingerprint density at radius 2 is 2.00 bits per heavy atom. The molecule has 2 heteroatoms. The fourth-order valence-electron chi connectivity index (χ4n) is 2.92. The molecular formula is C14H22N2. The first kappa shape index (κ1) is 11.3. The Bertz CT molecular complexity index is 419. The summed E-state index contributed by atoms with van der Waals surface area (Å²) in [5.74, 6) is 0. The summed E-state index contributed by atoms with van der Waals surface area (Å²) in [7, 11) is 0. The lowest BCUT2D eigenvalue weighted by atomic mass is 9.83. The molecule has 0 amide bonds. The molecule has 0 unspecified atom stereocenters. The van der Waals surface area contributed by atoms with Gasteiger partial charge in [0.2, 0.25) is 0 Å². The summed E-state index contributed by atoms with van der Waals surface area (Å²) in [5.41, 5.74) is 18.3. The predicted molar refractivity (Wildman–Crippen MR) is 70.6 cm³/mol. The number of nitrogen functional groups attached to an aromatic ring is 2. The van der Waals surface area contributed by atoms with Gasteiger partial charge in [0.15, 0.2) is 0 Å². The van der Waals surface area contributed by atoms with E-state index in [0.29, 0.717) is 0 Å². The van der Waals surface area contributed by atoms with Gasteiger partial charge >= 0.3 is 0 Å². The monoisotopic (exact) mass is 218 g/mol. The Labute approximate surface area is 98.0 Å². The number of aryl methyl sites for hydroxylation is 1. The first-order chi connectivity index (χ1) is 7.47. The van der Waals surface area contributed by atoms with Crippen LogP contribution in [0.2, 0.25) is 0 Å². The van der Waals surface area contributed by atoms with Gasteiger partial charge in [0.25, 0.3) is 0 Å². The van der Waals surface area contributed by atoms with E-state index >= 15 is 0 Å². The molecule has 1 aliphatic carbocycles. The van der Waals surface area contributed by atoms with Gasteiger partial charge in [0.05, 0.1) is 0 Å². The van der Waals surface area contributed by atoms with E-state index in [1.54, 1.807) is 0 Å². The number of hydrogen-bond donors (Lipinski definition) is 2. The third kappa shape index (κ3) is 1.57. The fourth-order valence-corrected chi connectivity index (χ4v) is 2.92. The Morgan fingerprint density at radius 3 is 2.62 bits per heavy atom.